The van der Waals surface area contributed by atoms with Crippen LogP contribution in [0.5, 0.6) is 0 Å². The topological polar surface area (TPSA) is 95.1 Å². The second kappa shape index (κ2) is 7.71. The third-order valence-corrected chi connectivity index (χ3v) is 9.12. The average molecular weight is 506 g/mol. The molecule has 2 N–H and O–H groups in total. The van der Waals surface area contributed by atoms with Gasteiger partial charge < -0.3 is 10.6 Å². The first-order valence-electron chi connectivity index (χ1n) is 11.7. The number of nitrogens with two attached hydrogens (primary N) is 1. The fourth-order valence-electron chi connectivity index (χ4n) is 5.62. The molecule has 0 radical (unpaired) electrons. The van der Waals surface area contributed by atoms with Crippen molar-refractivity contribution in [3.05, 3.63) is 59.9 Å². The van der Waals surface area contributed by atoms with Crippen LogP contribution in [0.25, 0.3) is 16.6 Å². The lowest BCUT2D eigenvalue weighted by Gasteiger charge is -2.41. The normalized spacial score (nSPS) is 19.3. The number of aromatic nitrogens is 7. The monoisotopic (exact) mass is 505 g/mol. The lowest BCUT2D eigenvalue weighted by molar-refractivity contribution is 0.170. The van der Waals surface area contributed by atoms with Crippen molar-refractivity contribution < 1.29 is 0 Å². The Labute approximate surface area is 210 Å². The van der Waals surface area contributed by atoms with E-state index in [1.807, 2.05) is 50.2 Å². The molecule has 0 amide bonds. The van der Waals surface area contributed by atoms with Crippen molar-refractivity contribution in [1.82, 2.24) is 33.9 Å². The molecule has 1 atom stereocenters. The minimum atomic E-state index is 0.0362. The van der Waals surface area contributed by atoms with Gasteiger partial charge in [-0.25, -0.2) is 9.97 Å². The van der Waals surface area contributed by atoms with Gasteiger partial charge in [-0.2, -0.15) is 10.2 Å². The molecular weight excluding hydrogens is 482 g/mol. The quantitative estimate of drug-likeness (QED) is 0.397. The van der Waals surface area contributed by atoms with Crippen molar-refractivity contribution in [2.75, 3.05) is 18.0 Å². The maximum atomic E-state index is 6.73. The fraction of sp³-hybridized carbons (Fsp3) is 0.333. The Hall–Kier alpha value is -3.08. The summed E-state index contributed by atoms with van der Waals surface area (Å²) in [7, 11) is 1.90. The third-order valence-electron chi connectivity index (χ3n) is 7.53. The summed E-state index contributed by atoms with van der Waals surface area (Å²) in [5, 5.41) is 10.5. The van der Waals surface area contributed by atoms with E-state index in [2.05, 4.69) is 35.2 Å². The highest BCUT2D eigenvalue weighted by Gasteiger charge is 2.47. The van der Waals surface area contributed by atoms with E-state index in [-0.39, 0.29) is 11.5 Å². The summed E-state index contributed by atoms with van der Waals surface area (Å²) in [6, 6.07) is 6.10. The van der Waals surface area contributed by atoms with Crippen LogP contribution in [0.15, 0.2) is 59.0 Å². The van der Waals surface area contributed by atoms with Crippen LogP contribution in [0, 0.1) is 5.41 Å². The number of hydrogen-bond acceptors (Lipinski definition) is 7. The lowest BCUT2D eigenvalue weighted by Crippen LogP contribution is -2.45. The number of benzene rings is 1. The molecule has 0 unspecified atom stereocenters. The molecule has 2 aliphatic heterocycles. The third kappa shape index (κ3) is 3.20. The molecule has 178 valence electrons. The van der Waals surface area contributed by atoms with Gasteiger partial charge in [0.2, 0.25) is 5.95 Å². The molecule has 0 aliphatic carbocycles. The molecule has 1 aromatic carbocycles. The molecule has 0 saturated carbocycles. The van der Waals surface area contributed by atoms with Gasteiger partial charge in [-0.15, -0.1) is 0 Å². The smallest absolute Gasteiger partial charge is 0.211 e. The first-order chi connectivity index (χ1) is 17.0. The maximum absolute atomic E-state index is 6.73. The largest absolute Gasteiger partial charge is 0.342 e. The minimum Gasteiger partial charge on any atom is -0.342 e. The number of anilines is 1. The van der Waals surface area contributed by atoms with Crippen molar-refractivity contribution >= 4 is 45.9 Å². The van der Waals surface area contributed by atoms with Gasteiger partial charge in [-0.3, -0.25) is 13.8 Å². The number of fused-ring (bicyclic) bond motifs is 3. The van der Waals surface area contributed by atoms with Crippen molar-refractivity contribution in [3.63, 3.8) is 0 Å². The highest BCUT2D eigenvalue weighted by Crippen LogP contribution is 2.48. The first kappa shape index (κ1) is 21.2. The number of imidazole rings is 1. The maximum Gasteiger partial charge on any atom is 0.211 e. The van der Waals surface area contributed by atoms with Crippen LogP contribution in [0.3, 0.4) is 0 Å². The number of piperidine rings is 1. The van der Waals surface area contributed by atoms with Crippen molar-refractivity contribution in [2.45, 2.75) is 35.2 Å². The molecule has 0 bridgehead atoms. The Morgan fingerprint density at radius 2 is 1.97 bits per heavy atom. The van der Waals surface area contributed by atoms with Gasteiger partial charge in [0.15, 0.2) is 5.65 Å². The molecule has 6 heterocycles. The van der Waals surface area contributed by atoms with Gasteiger partial charge in [0.05, 0.1) is 27.2 Å². The van der Waals surface area contributed by atoms with Crippen LogP contribution < -0.4 is 10.6 Å². The lowest BCUT2D eigenvalue weighted by atomic mass is 9.74. The van der Waals surface area contributed by atoms with Crippen molar-refractivity contribution in [2.24, 2.45) is 18.2 Å². The molecule has 2 aliphatic rings. The average Bonchev–Trinajstić information content (AvgIpc) is 3.63. The van der Waals surface area contributed by atoms with E-state index < -0.39 is 0 Å². The Morgan fingerprint density at radius 3 is 2.80 bits per heavy atom. The molecular formula is C24H24ClN9S. The van der Waals surface area contributed by atoms with Crippen LogP contribution >= 0.6 is 23.4 Å². The SMILES string of the molecule is Cn1cc2c(Cl)c(Sc3cnc(N4CCC5(CC4)Cn4nccc4[C@H]5N)n4ccnc34)ccc2n1. The zero-order chi connectivity index (χ0) is 23.7. The summed E-state index contributed by atoms with van der Waals surface area (Å²) in [5.41, 5.74) is 9.66. The molecule has 11 heteroatoms. The van der Waals surface area contributed by atoms with Crippen LogP contribution in [-0.2, 0) is 13.6 Å². The highest BCUT2D eigenvalue weighted by molar-refractivity contribution is 7.99. The van der Waals surface area contributed by atoms with E-state index >= 15 is 0 Å². The van der Waals surface area contributed by atoms with Crippen LogP contribution in [0.1, 0.15) is 24.6 Å². The summed E-state index contributed by atoms with van der Waals surface area (Å²) < 4.78 is 5.94. The fourth-order valence-corrected chi connectivity index (χ4v) is 6.86. The number of rotatable bonds is 3. The van der Waals surface area contributed by atoms with Gasteiger partial charge in [0.1, 0.15) is 0 Å². The summed E-state index contributed by atoms with van der Waals surface area (Å²) in [6.45, 7) is 2.69. The summed E-state index contributed by atoms with van der Waals surface area (Å²) in [5.74, 6) is 0.912. The summed E-state index contributed by atoms with van der Waals surface area (Å²) in [6.07, 6.45) is 11.5. The number of hydrogen-bond donors (Lipinski definition) is 1. The van der Waals surface area contributed by atoms with Crippen molar-refractivity contribution in [3.8, 4) is 0 Å². The second-order valence-corrected chi connectivity index (χ2v) is 11.0. The van der Waals surface area contributed by atoms with E-state index in [0.29, 0.717) is 5.02 Å². The van der Waals surface area contributed by atoms with Gasteiger partial charge in [-0.1, -0.05) is 23.4 Å². The van der Waals surface area contributed by atoms with E-state index in [1.165, 1.54) is 0 Å². The Bertz CT molecular complexity index is 1580. The summed E-state index contributed by atoms with van der Waals surface area (Å²) in [4.78, 5) is 13.8. The second-order valence-electron chi connectivity index (χ2n) is 9.50. The van der Waals surface area contributed by atoms with Crippen LogP contribution in [0.2, 0.25) is 5.02 Å². The molecule has 1 spiro atoms. The van der Waals surface area contributed by atoms with E-state index in [0.717, 1.165) is 70.5 Å². The van der Waals surface area contributed by atoms with Crippen molar-refractivity contribution in [1.29, 1.82) is 0 Å². The van der Waals surface area contributed by atoms with Gasteiger partial charge in [0.25, 0.3) is 0 Å². The van der Waals surface area contributed by atoms with E-state index in [9.17, 15) is 0 Å². The molecule has 4 aromatic heterocycles. The molecule has 1 fully saturated rings. The van der Waals surface area contributed by atoms with Gasteiger partial charge in [0, 0.05) is 73.4 Å². The molecule has 5 aromatic rings. The van der Waals surface area contributed by atoms with Gasteiger partial charge in [-0.05, 0) is 31.0 Å². The van der Waals surface area contributed by atoms with Crippen LogP contribution in [-0.4, -0.2) is 47.0 Å². The molecule has 35 heavy (non-hydrogen) atoms. The first-order valence-corrected chi connectivity index (χ1v) is 12.9. The molecule has 1 saturated heterocycles. The Balaban J connectivity index is 1.16. The van der Waals surface area contributed by atoms with E-state index in [1.54, 1.807) is 16.4 Å². The zero-order valence-corrected chi connectivity index (χ0v) is 20.7. The Kier molecular flexibility index (Phi) is 4.67. The highest BCUT2D eigenvalue weighted by atomic mass is 35.5. The van der Waals surface area contributed by atoms with Crippen LogP contribution in [0.4, 0.5) is 5.95 Å². The zero-order valence-electron chi connectivity index (χ0n) is 19.2. The number of halogens is 1. The van der Waals surface area contributed by atoms with Gasteiger partial charge >= 0.3 is 0 Å². The molecule has 9 nitrogen and oxygen atoms in total. The summed E-state index contributed by atoms with van der Waals surface area (Å²) >= 11 is 8.31. The number of aryl methyl sites for hydroxylation is 1. The van der Waals surface area contributed by atoms with E-state index in [4.69, 9.17) is 22.3 Å². The standard InChI is InChI=1S/C24H24ClN9S/c1-31-13-15-16(30-31)2-3-18(20(15)25)35-19-12-28-23(33-11-8-27-22(19)33)32-9-5-24(6-10-32)14-34-17(21(24)26)4-7-29-34/h2-4,7-8,11-13,21H,5-6,9-10,14,26H2,1H3/t21-/m1/s1. The predicted octanol–water partition coefficient (Wildman–Crippen LogP) is 3.92. The Morgan fingerprint density at radius 1 is 1.11 bits per heavy atom. The minimum absolute atomic E-state index is 0.0362. The molecule has 7 rings (SSSR count). The number of nitrogens with zero attached hydrogens (tertiary/aromatic N) is 8. The predicted molar refractivity (Wildman–Crippen MR) is 136 cm³/mol.